The SMILES string of the molecule is C=C(OC)N1CCC2(CC1)C(=O)N(Cc1nc3ccc(Cl)cc3n1N)C1CCCCC12. The average molecular weight is 444 g/mol. The summed E-state index contributed by atoms with van der Waals surface area (Å²) in [5.74, 6) is 8.43. The maximum absolute atomic E-state index is 13.9. The van der Waals surface area contributed by atoms with Crippen LogP contribution >= 0.6 is 11.6 Å². The Kier molecular flexibility index (Phi) is 5.04. The lowest BCUT2D eigenvalue weighted by molar-refractivity contribution is -0.140. The molecular weight excluding hydrogens is 414 g/mol. The van der Waals surface area contributed by atoms with E-state index < -0.39 is 0 Å². The van der Waals surface area contributed by atoms with Crippen LogP contribution in [0.4, 0.5) is 0 Å². The lowest BCUT2D eigenvalue weighted by atomic mass is 9.65. The Balaban J connectivity index is 1.44. The molecular formula is C23H30ClN5O2. The topological polar surface area (TPSA) is 76.6 Å². The molecule has 2 aliphatic heterocycles. The molecule has 1 amide bonds. The highest BCUT2D eigenvalue weighted by molar-refractivity contribution is 6.31. The molecule has 2 saturated heterocycles. The molecule has 1 aliphatic carbocycles. The summed E-state index contributed by atoms with van der Waals surface area (Å²) >= 11 is 6.15. The van der Waals surface area contributed by atoms with Crippen molar-refractivity contribution in [1.82, 2.24) is 19.5 Å². The van der Waals surface area contributed by atoms with Crippen molar-refractivity contribution in [3.63, 3.8) is 0 Å². The number of nitrogen functional groups attached to an aromatic ring is 1. The van der Waals surface area contributed by atoms with Gasteiger partial charge in [-0.15, -0.1) is 0 Å². The summed E-state index contributed by atoms with van der Waals surface area (Å²) in [6.07, 6.45) is 6.24. The van der Waals surface area contributed by atoms with E-state index in [9.17, 15) is 4.79 Å². The molecule has 2 unspecified atom stereocenters. The molecule has 0 radical (unpaired) electrons. The number of benzene rings is 1. The molecule has 31 heavy (non-hydrogen) atoms. The lowest BCUT2D eigenvalue weighted by Gasteiger charge is -2.43. The molecule has 3 aliphatic rings. The number of hydrogen-bond donors (Lipinski definition) is 1. The van der Waals surface area contributed by atoms with Gasteiger partial charge in [0.05, 0.1) is 30.1 Å². The van der Waals surface area contributed by atoms with Crippen LogP contribution in [0.3, 0.4) is 0 Å². The van der Waals surface area contributed by atoms with Gasteiger partial charge in [-0.3, -0.25) is 4.79 Å². The first-order valence-corrected chi connectivity index (χ1v) is 11.5. The number of nitrogens with two attached hydrogens (primary N) is 1. The molecule has 5 rings (SSSR count). The van der Waals surface area contributed by atoms with Crippen molar-refractivity contribution in [2.45, 2.75) is 51.1 Å². The van der Waals surface area contributed by atoms with E-state index in [1.807, 2.05) is 18.2 Å². The van der Waals surface area contributed by atoms with Gasteiger partial charge in [-0.1, -0.05) is 24.4 Å². The van der Waals surface area contributed by atoms with E-state index in [-0.39, 0.29) is 17.4 Å². The van der Waals surface area contributed by atoms with Crippen LogP contribution in [0.5, 0.6) is 0 Å². The Morgan fingerprint density at radius 2 is 2.06 bits per heavy atom. The van der Waals surface area contributed by atoms with E-state index >= 15 is 0 Å². The zero-order valence-corrected chi connectivity index (χ0v) is 18.8. The molecule has 8 heteroatoms. The molecule has 2 N–H and O–H groups in total. The number of carbonyl (C=O) groups excluding carboxylic acids is 1. The Bertz CT molecular complexity index is 1030. The van der Waals surface area contributed by atoms with Crippen molar-refractivity contribution in [3.8, 4) is 0 Å². The molecule has 166 valence electrons. The Labute approximate surface area is 187 Å². The van der Waals surface area contributed by atoms with Gasteiger partial charge in [0, 0.05) is 24.2 Å². The van der Waals surface area contributed by atoms with Crippen LogP contribution in [0, 0.1) is 11.3 Å². The van der Waals surface area contributed by atoms with Gasteiger partial charge >= 0.3 is 0 Å². The zero-order valence-electron chi connectivity index (χ0n) is 18.0. The van der Waals surface area contributed by atoms with Crippen LogP contribution in [0.2, 0.25) is 5.02 Å². The van der Waals surface area contributed by atoms with Gasteiger partial charge in [0.15, 0.2) is 5.88 Å². The number of rotatable bonds is 4. The molecule has 3 heterocycles. The first-order valence-electron chi connectivity index (χ1n) is 11.2. The van der Waals surface area contributed by atoms with Crippen LogP contribution < -0.4 is 5.84 Å². The summed E-state index contributed by atoms with van der Waals surface area (Å²) < 4.78 is 6.91. The number of imidazole rings is 1. The van der Waals surface area contributed by atoms with Crippen LogP contribution in [0.1, 0.15) is 44.3 Å². The normalized spacial score (nSPS) is 25.3. The van der Waals surface area contributed by atoms with E-state index in [1.54, 1.807) is 11.8 Å². The lowest BCUT2D eigenvalue weighted by Crippen LogP contribution is -2.47. The minimum atomic E-state index is -0.287. The minimum absolute atomic E-state index is 0.266. The third kappa shape index (κ3) is 3.16. The second-order valence-electron chi connectivity index (χ2n) is 9.16. The molecule has 2 atom stereocenters. The number of ether oxygens (including phenoxy) is 1. The second-order valence-corrected chi connectivity index (χ2v) is 9.60. The number of amides is 1. The predicted octanol–water partition coefficient (Wildman–Crippen LogP) is 3.50. The Morgan fingerprint density at radius 1 is 1.32 bits per heavy atom. The molecule has 1 saturated carbocycles. The van der Waals surface area contributed by atoms with Gasteiger partial charge in [-0.2, -0.15) is 0 Å². The average Bonchev–Trinajstić information content (AvgIpc) is 3.21. The first kappa shape index (κ1) is 20.5. The zero-order chi connectivity index (χ0) is 21.8. The number of fused-ring (bicyclic) bond motifs is 3. The highest BCUT2D eigenvalue weighted by atomic mass is 35.5. The van der Waals surface area contributed by atoms with E-state index in [1.165, 1.54) is 12.8 Å². The molecule has 1 aromatic carbocycles. The number of likely N-dealkylation sites (tertiary alicyclic amines) is 2. The van der Waals surface area contributed by atoms with Crippen molar-refractivity contribution in [1.29, 1.82) is 0 Å². The molecule has 3 fully saturated rings. The van der Waals surface area contributed by atoms with Gasteiger partial charge in [-0.05, 0) is 56.4 Å². The molecule has 7 nitrogen and oxygen atoms in total. The summed E-state index contributed by atoms with van der Waals surface area (Å²) in [6.45, 7) is 6.06. The number of aromatic nitrogens is 2. The van der Waals surface area contributed by atoms with Crippen LogP contribution in [0.25, 0.3) is 11.0 Å². The Hall–Kier alpha value is -2.41. The van der Waals surface area contributed by atoms with E-state index in [0.29, 0.717) is 29.2 Å². The van der Waals surface area contributed by atoms with E-state index in [0.717, 1.165) is 49.8 Å². The van der Waals surface area contributed by atoms with Crippen LogP contribution in [-0.2, 0) is 16.1 Å². The third-order valence-electron chi connectivity index (χ3n) is 7.81. The molecule has 0 bridgehead atoms. The maximum atomic E-state index is 13.9. The van der Waals surface area contributed by atoms with Crippen molar-refractivity contribution in [3.05, 3.63) is 41.5 Å². The van der Waals surface area contributed by atoms with Gasteiger partial charge in [-0.25, -0.2) is 9.66 Å². The fraction of sp³-hybridized carbons (Fsp3) is 0.565. The molecule has 1 spiro atoms. The third-order valence-corrected chi connectivity index (χ3v) is 8.04. The quantitative estimate of drug-likeness (QED) is 0.578. The van der Waals surface area contributed by atoms with E-state index in [4.69, 9.17) is 27.2 Å². The first-order chi connectivity index (χ1) is 14.9. The fourth-order valence-electron chi connectivity index (χ4n) is 6.16. The minimum Gasteiger partial charge on any atom is -0.483 e. The summed E-state index contributed by atoms with van der Waals surface area (Å²) in [4.78, 5) is 22.9. The number of hydrogen-bond acceptors (Lipinski definition) is 5. The van der Waals surface area contributed by atoms with Crippen molar-refractivity contribution >= 4 is 28.5 Å². The standard InChI is InChI=1S/C23H30ClN5O2/c1-15(31-2)27-11-9-23(10-12-27)17-5-3-4-6-19(17)28(22(23)30)14-21-26-18-8-7-16(24)13-20(18)29(21)25/h7-8,13,17,19H,1,3-6,9-12,14,25H2,2H3. The smallest absolute Gasteiger partial charge is 0.229 e. The maximum Gasteiger partial charge on any atom is 0.229 e. The van der Waals surface area contributed by atoms with Gasteiger partial charge in [0.1, 0.15) is 5.82 Å². The fourth-order valence-corrected chi connectivity index (χ4v) is 6.33. The summed E-state index contributed by atoms with van der Waals surface area (Å²) in [5, 5.41) is 0.624. The summed E-state index contributed by atoms with van der Waals surface area (Å²) in [5.41, 5.74) is 1.30. The van der Waals surface area contributed by atoms with Crippen LogP contribution in [-0.4, -0.2) is 51.6 Å². The highest BCUT2D eigenvalue weighted by Crippen LogP contribution is 2.54. The number of nitrogens with zero attached hydrogens (tertiary/aromatic N) is 4. The molecule has 1 aromatic heterocycles. The van der Waals surface area contributed by atoms with Crippen molar-refractivity contribution in [2.24, 2.45) is 11.3 Å². The number of piperidine rings is 1. The van der Waals surface area contributed by atoms with Gasteiger partial charge < -0.3 is 20.4 Å². The molecule has 2 aromatic rings. The predicted molar refractivity (Wildman–Crippen MR) is 121 cm³/mol. The number of halogens is 1. The summed E-state index contributed by atoms with van der Waals surface area (Å²) in [7, 11) is 1.65. The monoisotopic (exact) mass is 443 g/mol. The van der Waals surface area contributed by atoms with Gasteiger partial charge in [0.2, 0.25) is 5.91 Å². The van der Waals surface area contributed by atoms with E-state index in [2.05, 4.69) is 16.4 Å². The number of carbonyl (C=O) groups is 1. The van der Waals surface area contributed by atoms with Gasteiger partial charge in [0.25, 0.3) is 0 Å². The largest absolute Gasteiger partial charge is 0.483 e. The van der Waals surface area contributed by atoms with Crippen molar-refractivity contribution < 1.29 is 9.53 Å². The highest BCUT2D eigenvalue weighted by Gasteiger charge is 2.59. The Morgan fingerprint density at radius 3 is 2.81 bits per heavy atom. The summed E-state index contributed by atoms with van der Waals surface area (Å²) in [6, 6.07) is 5.78. The number of methoxy groups -OCH3 is 1. The van der Waals surface area contributed by atoms with Crippen molar-refractivity contribution in [2.75, 3.05) is 26.0 Å². The second kappa shape index (κ2) is 7.62. The van der Waals surface area contributed by atoms with Crippen LogP contribution in [0.15, 0.2) is 30.7 Å².